The van der Waals surface area contributed by atoms with Gasteiger partial charge < -0.3 is 9.80 Å². The molecule has 4 heterocycles. The van der Waals surface area contributed by atoms with Crippen molar-refractivity contribution in [3.63, 3.8) is 0 Å². The molecular weight excluding hydrogens is 350 g/mol. The Labute approximate surface area is 156 Å². The van der Waals surface area contributed by atoms with Gasteiger partial charge in [0.25, 0.3) is 5.91 Å². The van der Waals surface area contributed by atoms with Gasteiger partial charge in [0.15, 0.2) is 0 Å². The summed E-state index contributed by atoms with van der Waals surface area (Å²) in [4.78, 5) is 32.9. The van der Waals surface area contributed by atoms with Gasteiger partial charge in [0, 0.05) is 69.1 Å². The minimum atomic E-state index is -0.0279. The lowest BCUT2D eigenvalue weighted by Gasteiger charge is -2.27. The van der Waals surface area contributed by atoms with Gasteiger partial charge in [0.1, 0.15) is 5.69 Å². The summed E-state index contributed by atoms with van der Waals surface area (Å²) >= 11 is 1.43. The zero-order valence-corrected chi connectivity index (χ0v) is 15.8. The quantitative estimate of drug-likeness (QED) is 0.817. The molecule has 2 aromatic rings. The number of carbonyl (C=O) groups is 2. The van der Waals surface area contributed by atoms with Crippen molar-refractivity contribution < 1.29 is 9.59 Å². The van der Waals surface area contributed by atoms with E-state index in [1.807, 2.05) is 21.5 Å². The Morgan fingerprint density at radius 3 is 2.73 bits per heavy atom. The van der Waals surface area contributed by atoms with Gasteiger partial charge in [-0.15, -0.1) is 11.3 Å². The first-order valence-electron chi connectivity index (χ1n) is 9.12. The van der Waals surface area contributed by atoms with Crippen molar-refractivity contribution in [1.82, 2.24) is 24.6 Å². The van der Waals surface area contributed by atoms with Crippen molar-refractivity contribution in [3.8, 4) is 0 Å². The molecule has 8 heteroatoms. The summed E-state index contributed by atoms with van der Waals surface area (Å²) < 4.78 is 1.91. The van der Waals surface area contributed by atoms with Gasteiger partial charge in [-0.3, -0.25) is 14.3 Å². The average Bonchev–Trinajstić information content (AvgIpc) is 3.40. The molecule has 2 aromatic heterocycles. The highest BCUT2D eigenvalue weighted by Crippen LogP contribution is 2.24. The fourth-order valence-corrected chi connectivity index (χ4v) is 4.40. The van der Waals surface area contributed by atoms with Crippen LogP contribution >= 0.6 is 11.3 Å². The Morgan fingerprint density at radius 2 is 2.00 bits per heavy atom. The Kier molecular flexibility index (Phi) is 4.76. The summed E-state index contributed by atoms with van der Waals surface area (Å²) in [6, 6.07) is 0. The molecule has 0 saturated carbocycles. The third-order valence-electron chi connectivity index (χ3n) is 5.30. The largest absolute Gasteiger partial charge is 0.343 e. The van der Waals surface area contributed by atoms with Crippen LogP contribution in [-0.2, 0) is 31.2 Å². The van der Waals surface area contributed by atoms with E-state index in [4.69, 9.17) is 0 Å². The second kappa shape index (κ2) is 7.19. The number of aromatic nitrogens is 3. The smallest absolute Gasteiger partial charge is 0.273 e. The van der Waals surface area contributed by atoms with Crippen LogP contribution in [0.1, 0.15) is 46.7 Å². The first kappa shape index (κ1) is 17.2. The Hall–Kier alpha value is -2.22. The molecule has 0 spiro atoms. The SMILES string of the molecule is Cn1nc(CCC(=O)N2CCCC2)c2c1CCN(C(=O)c1cscn1)C2. The maximum atomic E-state index is 12.6. The van der Waals surface area contributed by atoms with Crippen molar-refractivity contribution in [3.05, 3.63) is 33.5 Å². The molecule has 2 amide bonds. The molecule has 26 heavy (non-hydrogen) atoms. The van der Waals surface area contributed by atoms with E-state index in [0.717, 1.165) is 43.6 Å². The lowest BCUT2D eigenvalue weighted by molar-refractivity contribution is -0.130. The molecule has 0 atom stereocenters. The van der Waals surface area contributed by atoms with Crippen LogP contribution in [0.25, 0.3) is 0 Å². The van der Waals surface area contributed by atoms with Crippen LogP contribution in [0, 0.1) is 0 Å². The molecule has 0 N–H and O–H groups in total. The number of carbonyl (C=O) groups excluding carboxylic acids is 2. The zero-order valence-electron chi connectivity index (χ0n) is 15.0. The molecule has 0 aliphatic carbocycles. The van der Waals surface area contributed by atoms with Crippen molar-refractivity contribution in [2.24, 2.45) is 7.05 Å². The molecule has 7 nitrogen and oxygen atoms in total. The number of likely N-dealkylation sites (tertiary alicyclic amines) is 1. The number of thiazole rings is 1. The molecule has 4 rings (SSSR count). The summed E-state index contributed by atoms with van der Waals surface area (Å²) in [6.07, 6.45) is 4.13. The van der Waals surface area contributed by atoms with Crippen molar-refractivity contribution in [2.75, 3.05) is 19.6 Å². The number of rotatable bonds is 4. The highest BCUT2D eigenvalue weighted by Gasteiger charge is 2.28. The number of fused-ring (bicyclic) bond motifs is 1. The van der Waals surface area contributed by atoms with Gasteiger partial charge in [-0.05, 0) is 12.8 Å². The van der Waals surface area contributed by atoms with E-state index < -0.39 is 0 Å². The number of hydrogen-bond acceptors (Lipinski definition) is 5. The summed E-state index contributed by atoms with van der Waals surface area (Å²) in [7, 11) is 1.95. The number of hydrogen-bond donors (Lipinski definition) is 0. The molecule has 0 aromatic carbocycles. The van der Waals surface area contributed by atoms with Gasteiger partial charge in [-0.25, -0.2) is 4.98 Å². The highest BCUT2D eigenvalue weighted by molar-refractivity contribution is 7.07. The van der Waals surface area contributed by atoms with E-state index in [1.165, 1.54) is 17.0 Å². The van der Waals surface area contributed by atoms with Crippen molar-refractivity contribution in [2.45, 2.75) is 38.6 Å². The molecule has 1 saturated heterocycles. The first-order chi connectivity index (χ1) is 12.6. The lowest BCUT2D eigenvalue weighted by Crippen LogP contribution is -2.36. The van der Waals surface area contributed by atoms with E-state index in [1.54, 1.807) is 10.9 Å². The Bertz CT molecular complexity index is 808. The number of nitrogens with zero attached hydrogens (tertiary/aromatic N) is 5. The van der Waals surface area contributed by atoms with Gasteiger partial charge in [0.05, 0.1) is 11.2 Å². The van der Waals surface area contributed by atoms with Crippen LogP contribution in [-0.4, -0.2) is 56.0 Å². The Balaban J connectivity index is 1.47. The van der Waals surface area contributed by atoms with E-state index in [2.05, 4.69) is 10.1 Å². The first-order valence-corrected chi connectivity index (χ1v) is 10.1. The van der Waals surface area contributed by atoms with E-state index in [-0.39, 0.29) is 11.8 Å². The average molecular weight is 373 g/mol. The molecule has 0 bridgehead atoms. The fourth-order valence-electron chi connectivity index (χ4n) is 3.87. The molecule has 0 unspecified atom stereocenters. The van der Waals surface area contributed by atoms with Crippen molar-refractivity contribution >= 4 is 23.2 Å². The molecule has 138 valence electrons. The van der Waals surface area contributed by atoms with Crippen LogP contribution in [0.4, 0.5) is 0 Å². The van der Waals surface area contributed by atoms with E-state index in [0.29, 0.717) is 31.6 Å². The second-order valence-electron chi connectivity index (χ2n) is 6.93. The minimum absolute atomic E-state index is 0.0279. The fraction of sp³-hybridized carbons (Fsp3) is 0.556. The zero-order chi connectivity index (χ0) is 18.1. The second-order valence-corrected chi connectivity index (χ2v) is 7.65. The third-order valence-corrected chi connectivity index (χ3v) is 5.89. The lowest BCUT2D eigenvalue weighted by atomic mass is 10.0. The van der Waals surface area contributed by atoms with Crippen LogP contribution in [0.5, 0.6) is 0 Å². The summed E-state index contributed by atoms with van der Waals surface area (Å²) in [5, 5.41) is 6.43. The topological polar surface area (TPSA) is 71.3 Å². The van der Waals surface area contributed by atoms with Crippen molar-refractivity contribution in [1.29, 1.82) is 0 Å². The molecule has 1 fully saturated rings. The maximum absolute atomic E-state index is 12.6. The standard InChI is InChI=1S/C18H23N5O2S/c1-21-16-6-9-23(18(25)15-11-26-12-19-15)10-13(16)14(20-21)4-5-17(24)22-7-2-3-8-22/h11-12H,2-10H2,1H3. The normalized spacial score (nSPS) is 16.8. The Morgan fingerprint density at radius 1 is 1.19 bits per heavy atom. The summed E-state index contributed by atoms with van der Waals surface area (Å²) in [5.41, 5.74) is 5.42. The van der Waals surface area contributed by atoms with Gasteiger partial charge >= 0.3 is 0 Å². The van der Waals surface area contributed by atoms with Crippen LogP contribution in [0.2, 0.25) is 0 Å². The highest BCUT2D eigenvalue weighted by atomic mass is 32.1. The van der Waals surface area contributed by atoms with Gasteiger partial charge in [-0.1, -0.05) is 0 Å². The third kappa shape index (κ3) is 3.25. The van der Waals surface area contributed by atoms with E-state index >= 15 is 0 Å². The monoisotopic (exact) mass is 373 g/mol. The van der Waals surface area contributed by atoms with Crippen LogP contribution in [0.3, 0.4) is 0 Å². The maximum Gasteiger partial charge on any atom is 0.273 e. The predicted octanol–water partition coefficient (Wildman–Crippen LogP) is 1.63. The molecular formula is C18H23N5O2S. The van der Waals surface area contributed by atoms with Gasteiger partial charge in [-0.2, -0.15) is 5.10 Å². The van der Waals surface area contributed by atoms with E-state index in [9.17, 15) is 9.59 Å². The minimum Gasteiger partial charge on any atom is -0.343 e. The number of amides is 2. The van der Waals surface area contributed by atoms with Crippen LogP contribution < -0.4 is 0 Å². The summed E-state index contributed by atoms with van der Waals surface area (Å²) in [6.45, 7) is 2.99. The number of aryl methyl sites for hydroxylation is 2. The predicted molar refractivity (Wildman–Crippen MR) is 97.9 cm³/mol. The van der Waals surface area contributed by atoms with Crippen LogP contribution in [0.15, 0.2) is 10.9 Å². The van der Waals surface area contributed by atoms with Gasteiger partial charge in [0.2, 0.25) is 5.91 Å². The summed E-state index contributed by atoms with van der Waals surface area (Å²) in [5.74, 6) is 0.188. The molecule has 2 aliphatic heterocycles. The molecule has 2 aliphatic rings. The molecule has 0 radical (unpaired) electrons.